The number of pyridine rings is 1. The summed E-state index contributed by atoms with van der Waals surface area (Å²) >= 11 is 0. The van der Waals surface area contributed by atoms with Crippen molar-refractivity contribution in [1.82, 2.24) is 15.5 Å². The molecule has 2 N–H and O–H groups in total. The third kappa shape index (κ3) is 3.54. The van der Waals surface area contributed by atoms with Crippen LogP contribution < -0.4 is 5.32 Å². The lowest BCUT2D eigenvalue weighted by atomic mass is 10.1. The Morgan fingerprint density at radius 1 is 1.30 bits per heavy atom. The predicted molar refractivity (Wildman–Crippen MR) is 94.5 cm³/mol. The van der Waals surface area contributed by atoms with Gasteiger partial charge in [0.15, 0.2) is 6.10 Å². The zero-order valence-corrected chi connectivity index (χ0v) is 15.3. The number of rotatable bonds is 6. The van der Waals surface area contributed by atoms with Crippen LogP contribution >= 0.6 is 0 Å². The van der Waals surface area contributed by atoms with Crippen molar-refractivity contribution >= 4 is 23.0 Å². The van der Waals surface area contributed by atoms with Crippen LogP contribution in [0.4, 0.5) is 0 Å². The second kappa shape index (κ2) is 7.20. The van der Waals surface area contributed by atoms with Gasteiger partial charge in [-0.1, -0.05) is 5.16 Å². The molecule has 0 fully saturated rings. The third-order valence-corrected chi connectivity index (χ3v) is 4.19. The quantitative estimate of drug-likeness (QED) is 0.673. The van der Waals surface area contributed by atoms with E-state index in [1.54, 1.807) is 19.9 Å². The zero-order chi connectivity index (χ0) is 19.7. The fourth-order valence-corrected chi connectivity index (χ4v) is 2.85. The number of amides is 1. The monoisotopic (exact) mass is 373 g/mol. The van der Waals surface area contributed by atoms with Gasteiger partial charge in [-0.25, -0.2) is 9.78 Å². The zero-order valence-electron chi connectivity index (χ0n) is 15.3. The maximum absolute atomic E-state index is 12.7. The third-order valence-electron chi connectivity index (χ3n) is 4.19. The van der Waals surface area contributed by atoms with Crippen molar-refractivity contribution in [1.29, 1.82) is 0 Å². The van der Waals surface area contributed by atoms with Crippen molar-refractivity contribution in [2.45, 2.75) is 26.9 Å². The van der Waals surface area contributed by atoms with Gasteiger partial charge in [0.05, 0.1) is 28.9 Å². The molecule has 142 valence electrons. The van der Waals surface area contributed by atoms with Gasteiger partial charge < -0.3 is 24.1 Å². The summed E-state index contributed by atoms with van der Waals surface area (Å²) in [5, 5.41) is 16.0. The standard InChI is InChI=1S/C18H19N3O6/c1-8-5-11(10(3)26-8)13-6-12(15-9(2)21-27-17(15)20-13)16(22)19-7-14(25-4)18(23)24/h5-6,14H,7H2,1-4H3,(H,19,22)(H,23,24). The number of aliphatic carboxylic acids is 1. The molecule has 3 aromatic rings. The number of furan rings is 1. The van der Waals surface area contributed by atoms with Crippen LogP contribution in [0.2, 0.25) is 0 Å². The number of aromatic nitrogens is 2. The first-order valence-electron chi connectivity index (χ1n) is 8.20. The Labute approximate surface area is 154 Å². The number of nitrogens with one attached hydrogen (secondary N) is 1. The molecule has 3 heterocycles. The average molecular weight is 373 g/mol. The highest BCUT2D eigenvalue weighted by atomic mass is 16.5. The molecule has 0 radical (unpaired) electrons. The number of hydrogen-bond acceptors (Lipinski definition) is 7. The van der Waals surface area contributed by atoms with Gasteiger partial charge in [0.1, 0.15) is 11.5 Å². The van der Waals surface area contributed by atoms with Crippen LogP contribution in [0.3, 0.4) is 0 Å². The summed E-state index contributed by atoms with van der Waals surface area (Å²) in [4.78, 5) is 28.2. The number of carbonyl (C=O) groups excluding carboxylic acids is 1. The van der Waals surface area contributed by atoms with E-state index in [0.29, 0.717) is 28.3 Å². The van der Waals surface area contributed by atoms with Crippen molar-refractivity contribution in [3.8, 4) is 11.3 Å². The Hall–Kier alpha value is -3.20. The van der Waals surface area contributed by atoms with E-state index in [1.165, 1.54) is 7.11 Å². The van der Waals surface area contributed by atoms with Gasteiger partial charge in [-0.3, -0.25) is 4.79 Å². The average Bonchev–Trinajstić information content (AvgIpc) is 3.16. The normalized spacial score (nSPS) is 12.3. The minimum absolute atomic E-state index is 0.183. The number of methoxy groups -OCH3 is 1. The van der Waals surface area contributed by atoms with E-state index >= 15 is 0 Å². The maximum Gasteiger partial charge on any atom is 0.334 e. The van der Waals surface area contributed by atoms with Crippen LogP contribution in [0.1, 0.15) is 27.6 Å². The number of ether oxygens (including phenoxy) is 1. The fraction of sp³-hybridized carbons (Fsp3) is 0.333. The minimum atomic E-state index is -1.16. The van der Waals surface area contributed by atoms with Gasteiger partial charge >= 0.3 is 5.97 Å². The molecular formula is C18H19N3O6. The molecule has 0 spiro atoms. The summed E-state index contributed by atoms with van der Waals surface area (Å²) in [5.41, 5.74) is 2.25. The SMILES string of the molecule is COC(CNC(=O)c1cc(-c2cc(C)oc2C)nc2onc(C)c12)C(=O)O. The Kier molecular flexibility index (Phi) is 4.95. The highest BCUT2D eigenvalue weighted by Crippen LogP contribution is 2.30. The molecule has 9 heteroatoms. The van der Waals surface area contributed by atoms with E-state index in [4.69, 9.17) is 18.8 Å². The maximum atomic E-state index is 12.7. The van der Waals surface area contributed by atoms with Crippen molar-refractivity contribution in [3.05, 3.63) is 34.9 Å². The summed E-state index contributed by atoms with van der Waals surface area (Å²) < 4.78 is 15.6. The summed E-state index contributed by atoms with van der Waals surface area (Å²) in [6.07, 6.45) is -1.15. The molecule has 0 saturated carbocycles. The number of aryl methyl sites for hydroxylation is 3. The lowest BCUT2D eigenvalue weighted by molar-refractivity contribution is -0.148. The summed E-state index contributed by atoms with van der Waals surface area (Å²) in [6.45, 7) is 5.14. The van der Waals surface area contributed by atoms with Crippen molar-refractivity contribution in [2.75, 3.05) is 13.7 Å². The number of carboxylic acid groups (broad SMARTS) is 1. The van der Waals surface area contributed by atoms with E-state index in [1.807, 2.05) is 13.0 Å². The molecule has 1 unspecified atom stereocenters. The van der Waals surface area contributed by atoms with E-state index in [0.717, 1.165) is 5.56 Å². The van der Waals surface area contributed by atoms with Gasteiger partial charge in [0, 0.05) is 12.7 Å². The molecule has 9 nitrogen and oxygen atoms in total. The number of carbonyl (C=O) groups is 2. The topological polar surface area (TPSA) is 128 Å². The second-order valence-corrected chi connectivity index (χ2v) is 6.10. The minimum Gasteiger partial charge on any atom is -0.479 e. The first kappa shape index (κ1) is 18.6. The summed E-state index contributed by atoms with van der Waals surface area (Å²) in [7, 11) is 1.27. The van der Waals surface area contributed by atoms with Gasteiger partial charge in [0.25, 0.3) is 11.6 Å². The Morgan fingerprint density at radius 3 is 2.63 bits per heavy atom. The van der Waals surface area contributed by atoms with Crippen LogP contribution in [-0.2, 0) is 9.53 Å². The Bertz CT molecular complexity index is 1020. The fourth-order valence-electron chi connectivity index (χ4n) is 2.85. The van der Waals surface area contributed by atoms with Crippen molar-refractivity contribution in [3.63, 3.8) is 0 Å². The molecule has 1 amide bonds. The van der Waals surface area contributed by atoms with Crippen LogP contribution in [0, 0.1) is 20.8 Å². The summed E-state index contributed by atoms with van der Waals surface area (Å²) in [5.74, 6) is -0.263. The molecule has 0 aliphatic rings. The molecule has 1 atom stereocenters. The highest BCUT2D eigenvalue weighted by molar-refractivity contribution is 6.07. The van der Waals surface area contributed by atoms with Gasteiger partial charge in [-0.2, -0.15) is 0 Å². The number of hydrogen-bond donors (Lipinski definition) is 2. The van der Waals surface area contributed by atoms with Crippen molar-refractivity contribution in [2.24, 2.45) is 0 Å². The predicted octanol–water partition coefficient (Wildman–Crippen LogP) is 2.24. The largest absolute Gasteiger partial charge is 0.479 e. The first-order chi connectivity index (χ1) is 12.8. The number of carboxylic acids is 1. The molecule has 27 heavy (non-hydrogen) atoms. The summed E-state index contributed by atoms with van der Waals surface area (Å²) in [6, 6.07) is 3.43. The molecule has 0 saturated heterocycles. The van der Waals surface area contributed by atoms with Crippen LogP contribution in [0.15, 0.2) is 21.1 Å². The highest BCUT2D eigenvalue weighted by Gasteiger charge is 2.23. The number of fused-ring (bicyclic) bond motifs is 1. The van der Waals surface area contributed by atoms with E-state index in [-0.39, 0.29) is 17.8 Å². The van der Waals surface area contributed by atoms with Crippen LogP contribution in [0.25, 0.3) is 22.4 Å². The first-order valence-corrected chi connectivity index (χ1v) is 8.20. The number of nitrogens with zero attached hydrogens (tertiary/aromatic N) is 2. The smallest absolute Gasteiger partial charge is 0.334 e. The van der Waals surface area contributed by atoms with Crippen LogP contribution in [0.5, 0.6) is 0 Å². The van der Waals surface area contributed by atoms with Gasteiger partial charge in [0.2, 0.25) is 0 Å². The molecule has 0 aliphatic carbocycles. The molecule has 3 rings (SSSR count). The van der Waals surface area contributed by atoms with Crippen LogP contribution in [-0.4, -0.2) is 46.9 Å². The lowest BCUT2D eigenvalue weighted by Crippen LogP contribution is -2.37. The molecule has 3 aromatic heterocycles. The van der Waals surface area contributed by atoms with E-state index in [9.17, 15) is 9.59 Å². The van der Waals surface area contributed by atoms with E-state index < -0.39 is 18.0 Å². The molecule has 0 bridgehead atoms. The molecule has 0 aromatic carbocycles. The lowest BCUT2D eigenvalue weighted by Gasteiger charge is -2.12. The van der Waals surface area contributed by atoms with Crippen molar-refractivity contribution < 1.29 is 28.4 Å². The molecule has 0 aliphatic heterocycles. The Balaban J connectivity index is 2.02. The second-order valence-electron chi connectivity index (χ2n) is 6.10. The van der Waals surface area contributed by atoms with Gasteiger partial charge in [-0.05, 0) is 32.9 Å². The Morgan fingerprint density at radius 2 is 2.04 bits per heavy atom. The molecular weight excluding hydrogens is 354 g/mol. The van der Waals surface area contributed by atoms with Gasteiger partial charge in [-0.15, -0.1) is 0 Å². The van der Waals surface area contributed by atoms with E-state index in [2.05, 4.69) is 15.5 Å².